The molecule has 0 bridgehead atoms. The minimum Gasteiger partial charge on any atom is -0.467 e. The van der Waals surface area contributed by atoms with Crippen molar-refractivity contribution in [3.8, 4) is 0 Å². The number of hydrogen-bond acceptors (Lipinski definition) is 17. The predicted octanol–water partition coefficient (Wildman–Crippen LogP) is 1.81. The number of anilines is 4. The second kappa shape index (κ2) is 23.4. The molecule has 0 saturated carbocycles. The van der Waals surface area contributed by atoms with E-state index in [2.05, 4.69) is 51.8 Å². The fraction of sp³-hybridized carbons (Fsp3) is 0.395. The van der Waals surface area contributed by atoms with Crippen molar-refractivity contribution in [1.29, 1.82) is 0 Å². The largest absolute Gasteiger partial charge is 0.467 e. The monoisotopic (exact) mass is 927 g/mol. The molecule has 1 aliphatic heterocycles. The Bertz CT molecular complexity index is 2460. The van der Waals surface area contributed by atoms with Gasteiger partial charge in [0.2, 0.25) is 23.7 Å². The van der Waals surface area contributed by atoms with Gasteiger partial charge in [-0.05, 0) is 74.9 Å². The summed E-state index contributed by atoms with van der Waals surface area (Å²) in [6.07, 6.45) is 6.23. The zero-order valence-electron chi connectivity index (χ0n) is 36.8. The molecule has 3 atom stereocenters. The number of carbonyl (C=O) groups excluding carboxylic acids is 8. The Morgan fingerprint density at radius 3 is 2.24 bits per heavy atom. The van der Waals surface area contributed by atoms with Crippen molar-refractivity contribution in [2.24, 2.45) is 5.92 Å². The van der Waals surface area contributed by atoms with E-state index in [1.807, 2.05) is 0 Å². The van der Waals surface area contributed by atoms with Gasteiger partial charge in [0.15, 0.2) is 17.0 Å². The molecule has 0 radical (unpaired) electrons. The van der Waals surface area contributed by atoms with Gasteiger partial charge in [-0.25, -0.2) is 14.8 Å². The first-order valence-corrected chi connectivity index (χ1v) is 21.9. The number of carbonyl (C=O) groups is 8. The van der Waals surface area contributed by atoms with Crippen LogP contribution in [0.15, 0.2) is 54.7 Å². The number of thiophene rings is 1. The maximum Gasteiger partial charge on any atom is 0.328 e. The lowest BCUT2D eigenvalue weighted by molar-refractivity contribution is -0.143. The average molecular weight is 928 g/mol. The molecule has 7 amide bonds. The highest BCUT2D eigenvalue weighted by molar-refractivity contribution is 7.18. The van der Waals surface area contributed by atoms with Crippen LogP contribution in [0.25, 0.3) is 11.2 Å². The summed E-state index contributed by atoms with van der Waals surface area (Å²) in [5, 5.41) is 17.1. The summed E-state index contributed by atoms with van der Waals surface area (Å²) < 4.78 is 4.90. The van der Waals surface area contributed by atoms with Gasteiger partial charge in [0.25, 0.3) is 23.6 Å². The van der Waals surface area contributed by atoms with Crippen LogP contribution in [0.3, 0.4) is 0 Å². The molecule has 10 N–H and O–H groups in total. The van der Waals surface area contributed by atoms with Crippen molar-refractivity contribution in [2.75, 3.05) is 42.3 Å². The van der Waals surface area contributed by atoms with E-state index in [1.54, 1.807) is 44.2 Å². The first-order chi connectivity index (χ1) is 31.5. The van der Waals surface area contributed by atoms with Crippen molar-refractivity contribution >= 4 is 92.3 Å². The minimum absolute atomic E-state index is 0.000910. The van der Waals surface area contributed by atoms with Gasteiger partial charge in [0.1, 0.15) is 18.1 Å². The van der Waals surface area contributed by atoms with Crippen molar-refractivity contribution < 1.29 is 43.1 Å². The van der Waals surface area contributed by atoms with E-state index in [1.165, 1.54) is 38.4 Å². The number of nitrogens with zero attached hydrogens (tertiary/aromatic N) is 5. The molecule has 5 rings (SSSR count). The zero-order chi connectivity index (χ0) is 47.9. The summed E-state index contributed by atoms with van der Waals surface area (Å²) >= 11 is 1.02. The van der Waals surface area contributed by atoms with Crippen LogP contribution < -0.4 is 43.4 Å². The van der Waals surface area contributed by atoms with E-state index in [9.17, 15) is 38.4 Å². The lowest BCUT2D eigenvalue weighted by Gasteiger charge is -2.23. The number of aromatic nitrogens is 4. The molecule has 22 nitrogen and oxygen atoms in total. The number of fused-ring (bicyclic) bond motifs is 1. The number of benzene rings is 1. The third-order valence-electron chi connectivity index (χ3n) is 10.1. The maximum atomic E-state index is 13.1. The summed E-state index contributed by atoms with van der Waals surface area (Å²) in [6, 6.07) is 6.76. The molecule has 66 heavy (non-hydrogen) atoms. The molecule has 4 aromatic rings. The molecular weight excluding hydrogens is 875 g/mol. The van der Waals surface area contributed by atoms with Crippen molar-refractivity contribution in [3.63, 3.8) is 0 Å². The predicted molar refractivity (Wildman–Crippen MR) is 244 cm³/mol. The van der Waals surface area contributed by atoms with Crippen LogP contribution in [0, 0.1) is 5.92 Å². The number of methoxy groups -OCH3 is 1. The molecule has 0 aliphatic carbocycles. The number of nitrogens with one attached hydrogen (secondary N) is 6. The number of ether oxygens (including phenoxy) is 1. The van der Waals surface area contributed by atoms with Gasteiger partial charge in [-0.1, -0.05) is 20.3 Å². The average Bonchev–Trinajstić information content (AvgIpc) is 3.89. The van der Waals surface area contributed by atoms with E-state index in [4.69, 9.17) is 16.2 Å². The Hall–Kier alpha value is -7.56. The molecule has 4 heterocycles. The molecular formula is C43H53N13O9S. The molecule has 1 aliphatic rings. The van der Waals surface area contributed by atoms with Gasteiger partial charge < -0.3 is 48.1 Å². The van der Waals surface area contributed by atoms with E-state index < -0.39 is 47.7 Å². The number of esters is 1. The molecule has 350 valence electrons. The second-order valence-electron chi connectivity index (χ2n) is 15.5. The molecule has 0 saturated heterocycles. The van der Waals surface area contributed by atoms with Crippen LogP contribution in [0.4, 0.5) is 22.5 Å². The van der Waals surface area contributed by atoms with E-state index in [-0.39, 0.29) is 73.5 Å². The van der Waals surface area contributed by atoms with Crippen molar-refractivity contribution in [2.45, 2.75) is 84.0 Å². The normalized spacial score (nSPS) is 13.5. The number of imide groups is 1. The van der Waals surface area contributed by atoms with Crippen LogP contribution in [0.5, 0.6) is 0 Å². The summed E-state index contributed by atoms with van der Waals surface area (Å²) in [5.41, 5.74) is 13.7. The van der Waals surface area contributed by atoms with E-state index in [0.29, 0.717) is 58.0 Å². The van der Waals surface area contributed by atoms with Crippen LogP contribution in [0.1, 0.15) is 85.0 Å². The summed E-state index contributed by atoms with van der Waals surface area (Å²) in [7, 11) is 1.21. The van der Waals surface area contributed by atoms with Crippen LogP contribution in [-0.2, 0) is 40.0 Å². The highest BCUT2D eigenvalue weighted by atomic mass is 32.1. The van der Waals surface area contributed by atoms with Gasteiger partial charge in [0, 0.05) is 42.9 Å². The number of rotatable bonds is 23. The Morgan fingerprint density at radius 2 is 1.55 bits per heavy atom. The lowest BCUT2D eigenvalue weighted by atomic mass is 10.0. The Labute approximate surface area is 383 Å². The zero-order valence-corrected chi connectivity index (χ0v) is 37.7. The highest BCUT2D eigenvalue weighted by Gasteiger charge is 2.28. The number of nitrogen functional groups attached to an aromatic ring is 2. The maximum absolute atomic E-state index is 13.1. The van der Waals surface area contributed by atoms with Gasteiger partial charge in [-0.2, -0.15) is 9.97 Å². The fourth-order valence-corrected chi connectivity index (χ4v) is 7.34. The first kappa shape index (κ1) is 49.5. The first-order valence-electron chi connectivity index (χ1n) is 21.1. The number of unbranched alkanes of at least 4 members (excludes halogenated alkanes) is 2. The van der Waals surface area contributed by atoms with Gasteiger partial charge in [0.05, 0.1) is 35.4 Å². The Morgan fingerprint density at radius 1 is 0.818 bits per heavy atom. The Balaban J connectivity index is 1.00. The molecule has 1 aromatic carbocycles. The summed E-state index contributed by atoms with van der Waals surface area (Å²) in [5.74, 6) is -3.87. The third-order valence-corrected chi connectivity index (χ3v) is 11.1. The van der Waals surface area contributed by atoms with Gasteiger partial charge in [-0.15, -0.1) is 11.3 Å². The molecule has 0 spiro atoms. The standard InChI is InChI=1S/C43H53N13O9S/c1-23(2)34(52-30(57)10-6-5-7-20-56-32(58)17-18-33(56)59)41(63)49-24(3)38(60)53-31-16-15-29(66-31)40(62)46-19-8-9-28(42(64)65-4)51-39(61)25-11-13-26(14-12-25)47-21-27-22-48-37-35(50-27)36(44)54-43(45)55-37/h11-18,22-24,28,34,47H,5-10,19-21H2,1-4H3,(H,46,62)(H,49,63)(H,51,61)(H,52,57)(H,53,60)(H4,44,45,48,54,55)/t24-,28-,34-/m0/s1. The molecule has 0 fully saturated rings. The molecule has 23 heteroatoms. The van der Waals surface area contributed by atoms with Gasteiger partial charge in [-0.3, -0.25) is 38.5 Å². The topological polar surface area (TPSA) is 325 Å². The minimum atomic E-state index is -0.990. The summed E-state index contributed by atoms with van der Waals surface area (Å²) in [4.78, 5) is 119. The van der Waals surface area contributed by atoms with Crippen LogP contribution in [-0.4, -0.2) is 110 Å². The van der Waals surface area contributed by atoms with Gasteiger partial charge >= 0.3 is 5.97 Å². The molecule has 0 unspecified atom stereocenters. The number of nitrogens with two attached hydrogens (primary N) is 2. The second-order valence-corrected chi connectivity index (χ2v) is 16.6. The fourth-order valence-electron chi connectivity index (χ4n) is 6.52. The van der Waals surface area contributed by atoms with Crippen LogP contribution in [0.2, 0.25) is 0 Å². The highest BCUT2D eigenvalue weighted by Crippen LogP contribution is 2.22. The van der Waals surface area contributed by atoms with Crippen LogP contribution >= 0.6 is 11.3 Å². The summed E-state index contributed by atoms with van der Waals surface area (Å²) in [6.45, 7) is 5.74. The smallest absolute Gasteiger partial charge is 0.328 e. The number of amides is 7. The van der Waals surface area contributed by atoms with Crippen molar-refractivity contribution in [3.05, 3.63) is 70.9 Å². The SMILES string of the molecule is COC(=O)[C@H](CCCNC(=O)c1ccc(NC(=O)[C@H](C)NC(=O)[C@@H](NC(=O)CCCCCN2C(=O)C=CC2=O)C(C)C)s1)NC(=O)c1ccc(NCc2cnc3nc(N)nc(N)c3n2)cc1. The quantitative estimate of drug-likeness (QED) is 0.0299. The Kier molecular flexibility index (Phi) is 17.5. The van der Waals surface area contributed by atoms with Crippen molar-refractivity contribution in [1.82, 2.24) is 46.1 Å². The molecule has 3 aromatic heterocycles. The van der Waals surface area contributed by atoms with E-state index in [0.717, 1.165) is 16.2 Å². The number of hydrogen-bond donors (Lipinski definition) is 8. The van der Waals surface area contributed by atoms with E-state index >= 15 is 0 Å². The lowest BCUT2D eigenvalue weighted by Crippen LogP contribution is -2.53. The third kappa shape index (κ3) is 14.0.